The summed E-state index contributed by atoms with van der Waals surface area (Å²) in [5, 5.41) is 8.72. The van der Waals surface area contributed by atoms with Crippen molar-refractivity contribution in [3.8, 4) is 0 Å². The minimum Gasteiger partial charge on any atom is -0.394 e. The summed E-state index contributed by atoms with van der Waals surface area (Å²) < 4.78 is 2.00. The van der Waals surface area contributed by atoms with Crippen molar-refractivity contribution in [2.75, 3.05) is 23.3 Å². The molecule has 1 aromatic heterocycles. The standard InChI is InChI=1S/C13H24N4S/c1-9(2)17-13(12(14)10(3)16-17)15-8-11-6-4-5-7-18-11/h9,11,15H,4-8,14H2,1-3H3. The fourth-order valence-corrected chi connectivity index (χ4v) is 3.53. The molecule has 1 fully saturated rings. The number of anilines is 2. The van der Waals surface area contributed by atoms with Gasteiger partial charge in [-0.25, -0.2) is 4.68 Å². The summed E-state index contributed by atoms with van der Waals surface area (Å²) >= 11 is 2.08. The van der Waals surface area contributed by atoms with Crippen molar-refractivity contribution in [1.29, 1.82) is 0 Å². The van der Waals surface area contributed by atoms with Gasteiger partial charge in [-0.05, 0) is 39.4 Å². The van der Waals surface area contributed by atoms with Crippen LogP contribution in [-0.4, -0.2) is 27.3 Å². The Hall–Kier alpha value is -0.840. The average Bonchev–Trinajstić information content (AvgIpc) is 2.65. The summed E-state index contributed by atoms with van der Waals surface area (Å²) in [7, 11) is 0. The van der Waals surface area contributed by atoms with Crippen molar-refractivity contribution in [3.63, 3.8) is 0 Å². The first-order valence-electron chi connectivity index (χ1n) is 6.79. The van der Waals surface area contributed by atoms with Crippen LogP contribution in [0.2, 0.25) is 0 Å². The molecule has 1 aliphatic rings. The summed E-state index contributed by atoms with van der Waals surface area (Å²) in [6, 6.07) is 0.336. The van der Waals surface area contributed by atoms with Gasteiger partial charge >= 0.3 is 0 Å². The van der Waals surface area contributed by atoms with E-state index in [1.165, 1.54) is 25.0 Å². The van der Waals surface area contributed by atoms with E-state index >= 15 is 0 Å². The molecular weight excluding hydrogens is 244 g/mol. The Morgan fingerprint density at radius 3 is 2.89 bits per heavy atom. The molecule has 0 amide bonds. The van der Waals surface area contributed by atoms with Crippen LogP contribution in [0.25, 0.3) is 0 Å². The van der Waals surface area contributed by atoms with E-state index in [0.717, 1.165) is 23.7 Å². The Kier molecular flexibility index (Phi) is 4.43. The summed E-state index contributed by atoms with van der Waals surface area (Å²) in [4.78, 5) is 0. The van der Waals surface area contributed by atoms with E-state index in [4.69, 9.17) is 5.73 Å². The van der Waals surface area contributed by atoms with Crippen LogP contribution in [0.4, 0.5) is 11.5 Å². The van der Waals surface area contributed by atoms with Crippen molar-refractivity contribution in [2.45, 2.75) is 51.3 Å². The topological polar surface area (TPSA) is 55.9 Å². The lowest BCUT2D eigenvalue weighted by Crippen LogP contribution is -2.22. The van der Waals surface area contributed by atoms with Crippen LogP contribution >= 0.6 is 11.8 Å². The second-order valence-electron chi connectivity index (χ2n) is 5.26. The van der Waals surface area contributed by atoms with Crippen LogP contribution in [0, 0.1) is 6.92 Å². The number of hydrogen-bond acceptors (Lipinski definition) is 4. The monoisotopic (exact) mass is 268 g/mol. The lowest BCUT2D eigenvalue weighted by molar-refractivity contribution is 0.533. The molecule has 102 valence electrons. The smallest absolute Gasteiger partial charge is 0.148 e. The summed E-state index contributed by atoms with van der Waals surface area (Å²) in [6.45, 7) is 7.22. The second kappa shape index (κ2) is 5.87. The Morgan fingerprint density at radius 2 is 2.28 bits per heavy atom. The maximum Gasteiger partial charge on any atom is 0.148 e. The first-order valence-corrected chi connectivity index (χ1v) is 7.84. The number of nitrogens with two attached hydrogens (primary N) is 1. The molecule has 18 heavy (non-hydrogen) atoms. The number of aryl methyl sites for hydroxylation is 1. The Bertz CT molecular complexity index is 394. The van der Waals surface area contributed by atoms with Gasteiger partial charge < -0.3 is 11.1 Å². The van der Waals surface area contributed by atoms with Gasteiger partial charge in [-0.3, -0.25) is 0 Å². The molecule has 3 N–H and O–H groups in total. The summed E-state index contributed by atoms with van der Waals surface area (Å²) in [5.74, 6) is 2.29. The fourth-order valence-electron chi connectivity index (χ4n) is 2.29. The second-order valence-corrected chi connectivity index (χ2v) is 6.66. The van der Waals surface area contributed by atoms with E-state index in [1.807, 2.05) is 11.6 Å². The number of hydrogen-bond donors (Lipinski definition) is 2. The number of nitrogen functional groups attached to an aromatic ring is 1. The molecule has 0 bridgehead atoms. The Labute approximate surface area is 114 Å². The minimum atomic E-state index is 0.336. The summed E-state index contributed by atoms with van der Waals surface area (Å²) in [5.41, 5.74) is 7.82. The minimum absolute atomic E-state index is 0.336. The first-order chi connectivity index (χ1) is 8.59. The predicted molar refractivity (Wildman–Crippen MR) is 80.3 cm³/mol. The van der Waals surface area contributed by atoms with E-state index in [1.54, 1.807) is 0 Å². The van der Waals surface area contributed by atoms with Crippen LogP contribution in [0.1, 0.15) is 44.8 Å². The Balaban J connectivity index is 2.03. The third-order valence-corrected chi connectivity index (χ3v) is 4.79. The van der Waals surface area contributed by atoms with E-state index < -0.39 is 0 Å². The molecule has 4 nitrogen and oxygen atoms in total. The molecule has 0 saturated carbocycles. The zero-order valence-electron chi connectivity index (χ0n) is 11.6. The number of thioether (sulfide) groups is 1. The van der Waals surface area contributed by atoms with Gasteiger partial charge in [0.15, 0.2) is 0 Å². The summed E-state index contributed by atoms with van der Waals surface area (Å²) in [6.07, 6.45) is 4.04. The first kappa shape index (κ1) is 13.6. The maximum absolute atomic E-state index is 6.10. The highest BCUT2D eigenvalue weighted by atomic mass is 32.2. The molecule has 1 aliphatic heterocycles. The third kappa shape index (κ3) is 2.94. The van der Waals surface area contributed by atoms with Crippen LogP contribution < -0.4 is 11.1 Å². The van der Waals surface area contributed by atoms with Crippen molar-refractivity contribution < 1.29 is 0 Å². The Morgan fingerprint density at radius 1 is 1.50 bits per heavy atom. The molecule has 1 atom stereocenters. The third-order valence-electron chi connectivity index (χ3n) is 3.39. The van der Waals surface area contributed by atoms with Crippen molar-refractivity contribution in [3.05, 3.63) is 5.69 Å². The number of nitrogens with one attached hydrogen (secondary N) is 1. The molecule has 2 heterocycles. The lowest BCUT2D eigenvalue weighted by Gasteiger charge is -2.22. The normalized spacial score (nSPS) is 20.3. The van der Waals surface area contributed by atoms with Gasteiger partial charge in [0.2, 0.25) is 0 Å². The van der Waals surface area contributed by atoms with Gasteiger partial charge in [0, 0.05) is 17.8 Å². The molecule has 1 unspecified atom stereocenters. The van der Waals surface area contributed by atoms with Gasteiger partial charge in [-0.2, -0.15) is 16.9 Å². The van der Waals surface area contributed by atoms with Gasteiger partial charge in [-0.15, -0.1) is 0 Å². The highest BCUT2D eigenvalue weighted by Crippen LogP contribution is 2.28. The van der Waals surface area contributed by atoms with E-state index in [-0.39, 0.29) is 0 Å². The molecule has 0 aliphatic carbocycles. The highest BCUT2D eigenvalue weighted by Gasteiger charge is 2.18. The van der Waals surface area contributed by atoms with Gasteiger partial charge in [0.25, 0.3) is 0 Å². The molecule has 0 aromatic carbocycles. The quantitative estimate of drug-likeness (QED) is 0.881. The van der Waals surface area contributed by atoms with Crippen LogP contribution in [0.5, 0.6) is 0 Å². The average molecular weight is 268 g/mol. The van der Waals surface area contributed by atoms with Crippen LogP contribution in [0.15, 0.2) is 0 Å². The molecule has 2 rings (SSSR count). The fraction of sp³-hybridized carbons (Fsp3) is 0.769. The molecular formula is C13H24N4S. The SMILES string of the molecule is Cc1nn(C(C)C)c(NCC2CCCCS2)c1N. The lowest BCUT2D eigenvalue weighted by atomic mass is 10.2. The molecule has 1 aromatic rings. The van der Waals surface area contributed by atoms with Crippen LogP contribution in [0.3, 0.4) is 0 Å². The highest BCUT2D eigenvalue weighted by molar-refractivity contribution is 7.99. The largest absolute Gasteiger partial charge is 0.394 e. The predicted octanol–water partition coefficient (Wildman–Crippen LogP) is 3.05. The van der Waals surface area contributed by atoms with Gasteiger partial charge in [-0.1, -0.05) is 6.42 Å². The zero-order chi connectivity index (χ0) is 13.1. The molecule has 5 heteroatoms. The van der Waals surface area contributed by atoms with Crippen LogP contribution in [-0.2, 0) is 0 Å². The number of rotatable bonds is 4. The maximum atomic E-state index is 6.10. The number of nitrogens with zero attached hydrogens (tertiary/aromatic N) is 2. The van der Waals surface area contributed by atoms with Crippen molar-refractivity contribution in [1.82, 2.24) is 9.78 Å². The van der Waals surface area contributed by atoms with Gasteiger partial charge in [0.1, 0.15) is 5.82 Å². The van der Waals surface area contributed by atoms with Crippen molar-refractivity contribution in [2.24, 2.45) is 0 Å². The molecule has 1 saturated heterocycles. The van der Waals surface area contributed by atoms with Crippen molar-refractivity contribution >= 4 is 23.3 Å². The molecule has 0 radical (unpaired) electrons. The van der Waals surface area contributed by atoms with E-state index in [9.17, 15) is 0 Å². The van der Waals surface area contributed by atoms with E-state index in [0.29, 0.717) is 11.3 Å². The van der Waals surface area contributed by atoms with E-state index in [2.05, 4.69) is 36.0 Å². The zero-order valence-corrected chi connectivity index (χ0v) is 12.4. The number of aromatic nitrogens is 2. The van der Waals surface area contributed by atoms with Gasteiger partial charge in [0.05, 0.1) is 11.4 Å². The molecule has 0 spiro atoms.